The maximum Gasteiger partial charge on any atom is 0.230 e. The van der Waals surface area contributed by atoms with Crippen LogP contribution < -0.4 is 10.1 Å². The van der Waals surface area contributed by atoms with Gasteiger partial charge in [0.15, 0.2) is 5.78 Å². The monoisotopic (exact) mass is 547 g/mol. The lowest BCUT2D eigenvalue weighted by atomic mass is 9.83. The number of Topliss-reactive ketones (excluding diaryl/α,β-unsaturated/α-hetero) is 1. The molecule has 1 fully saturated rings. The van der Waals surface area contributed by atoms with Gasteiger partial charge in [-0.3, -0.25) is 4.79 Å². The van der Waals surface area contributed by atoms with Crippen molar-refractivity contribution in [3.8, 4) is 17.2 Å². The lowest BCUT2D eigenvalue weighted by Gasteiger charge is -2.34. The zero-order valence-electron chi connectivity index (χ0n) is 23.6. The van der Waals surface area contributed by atoms with Crippen molar-refractivity contribution < 1.29 is 18.7 Å². The lowest BCUT2D eigenvalue weighted by Crippen LogP contribution is -2.40. The molecule has 2 aromatic heterocycles. The molecule has 5 aromatic rings. The number of nitrogens with one attached hydrogen (secondary N) is 1. The number of benzene rings is 3. The Labute approximate surface area is 239 Å². The summed E-state index contributed by atoms with van der Waals surface area (Å²) in [5, 5.41) is 4.36. The second-order valence-corrected chi connectivity index (χ2v) is 11.0. The van der Waals surface area contributed by atoms with Crippen LogP contribution >= 0.6 is 0 Å². The van der Waals surface area contributed by atoms with E-state index in [1.54, 1.807) is 7.11 Å². The Morgan fingerprint density at radius 3 is 2.59 bits per heavy atom. The van der Waals surface area contributed by atoms with Gasteiger partial charge in [0.2, 0.25) is 5.89 Å². The van der Waals surface area contributed by atoms with E-state index in [0.717, 1.165) is 70.7 Å². The third-order valence-electron chi connectivity index (χ3n) is 8.74. The summed E-state index contributed by atoms with van der Waals surface area (Å²) in [5.41, 5.74) is 5.93. The number of nitrogens with zero attached hydrogens (tertiary/aromatic N) is 2. The maximum atomic E-state index is 14.5. The second kappa shape index (κ2) is 10.0. The quantitative estimate of drug-likeness (QED) is 0.245. The van der Waals surface area contributed by atoms with Gasteiger partial charge in [-0.15, -0.1) is 0 Å². The highest BCUT2D eigenvalue weighted by atomic mass is 16.5. The van der Waals surface area contributed by atoms with Crippen LogP contribution in [0.2, 0.25) is 0 Å². The van der Waals surface area contributed by atoms with Crippen LogP contribution in [0.4, 0.5) is 0 Å². The summed E-state index contributed by atoms with van der Waals surface area (Å²) in [7, 11) is 1.64. The molecule has 1 saturated heterocycles. The molecule has 41 heavy (non-hydrogen) atoms. The number of oxazole rings is 1. The molecule has 7 heteroatoms. The Hall–Kier alpha value is -4.20. The van der Waals surface area contributed by atoms with Crippen LogP contribution in [0, 0.1) is 13.8 Å². The predicted molar refractivity (Wildman–Crippen MR) is 157 cm³/mol. The second-order valence-electron chi connectivity index (χ2n) is 11.0. The van der Waals surface area contributed by atoms with Crippen LogP contribution in [-0.2, 0) is 16.9 Å². The standard InChI is InChI=1S/C34H33N3O4/c1-21-30(31(38)32-23-10-4-7-13-26(23)34(41-32)16-18-35-19-17-34)24-11-5-8-14-28(24)37(21)20-27-22(2)40-33(36-27)25-12-6-9-15-29(25)39-3/h4-15,32,35H,16-20H2,1-3H3/t32-/m1/s1. The number of aromatic nitrogens is 2. The van der Waals surface area contributed by atoms with E-state index >= 15 is 0 Å². The van der Waals surface area contributed by atoms with Crippen molar-refractivity contribution in [2.45, 2.75) is 44.9 Å². The number of ether oxygens (including phenoxy) is 2. The molecule has 7 nitrogen and oxygen atoms in total. The number of para-hydroxylation sites is 2. The summed E-state index contributed by atoms with van der Waals surface area (Å²) in [5.74, 6) is 1.96. The molecule has 0 aliphatic carbocycles. The van der Waals surface area contributed by atoms with Gasteiger partial charge < -0.3 is 23.8 Å². The summed E-state index contributed by atoms with van der Waals surface area (Å²) in [6, 6.07) is 24.0. The minimum atomic E-state index is -0.631. The van der Waals surface area contributed by atoms with E-state index in [2.05, 4.69) is 34.1 Å². The van der Waals surface area contributed by atoms with Gasteiger partial charge >= 0.3 is 0 Å². The molecule has 208 valence electrons. The predicted octanol–water partition coefficient (Wildman–Crippen LogP) is 6.50. The fourth-order valence-corrected chi connectivity index (χ4v) is 6.64. The molecular weight excluding hydrogens is 514 g/mol. The van der Waals surface area contributed by atoms with Crippen LogP contribution in [0.5, 0.6) is 5.75 Å². The van der Waals surface area contributed by atoms with Gasteiger partial charge in [-0.2, -0.15) is 0 Å². The van der Waals surface area contributed by atoms with Gasteiger partial charge in [0, 0.05) is 22.2 Å². The fourth-order valence-electron chi connectivity index (χ4n) is 6.64. The van der Waals surface area contributed by atoms with E-state index in [1.165, 1.54) is 0 Å². The Balaban J connectivity index is 1.28. The zero-order valence-corrected chi connectivity index (χ0v) is 23.6. The van der Waals surface area contributed by atoms with Gasteiger partial charge in [-0.05, 0) is 69.1 Å². The number of carbonyl (C=O) groups excluding carboxylic acids is 1. The number of hydrogen-bond acceptors (Lipinski definition) is 6. The van der Waals surface area contributed by atoms with Crippen molar-refractivity contribution >= 4 is 16.7 Å². The number of ketones is 1. The minimum Gasteiger partial charge on any atom is -0.496 e. The summed E-state index contributed by atoms with van der Waals surface area (Å²) in [6.45, 7) is 6.17. The molecule has 0 unspecified atom stereocenters. The minimum absolute atomic E-state index is 0.00638. The fraction of sp³-hybridized carbons (Fsp3) is 0.294. The summed E-state index contributed by atoms with van der Waals surface area (Å²) in [4.78, 5) is 19.3. The summed E-state index contributed by atoms with van der Waals surface area (Å²) >= 11 is 0. The number of aryl methyl sites for hydroxylation is 1. The largest absolute Gasteiger partial charge is 0.496 e. The Kier molecular flexibility index (Phi) is 6.29. The maximum absolute atomic E-state index is 14.5. The number of hydrogen-bond donors (Lipinski definition) is 1. The van der Waals surface area contributed by atoms with E-state index in [0.29, 0.717) is 23.7 Å². The van der Waals surface area contributed by atoms with Crippen molar-refractivity contribution in [3.05, 3.63) is 107 Å². The van der Waals surface area contributed by atoms with Crippen molar-refractivity contribution in [3.63, 3.8) is 0 Å². The summed E-state index contributed by atoms with van der Waals surface area (Å²) < 4.78 is 20.6. The average molecular weight is 548 g/mol. The first-order valence-corrected chi connectivity index (χ1v) is 14.2. The molecule has 0 bridgehead atoms. The average Bonchev–Trinajstić information content (AvgIpc) is 3.63. The number of methoxy groups -OCH3 is 1. The number of piperidine rings is 1. The molecule has 0 amide bonds. The molecule has 2 aliphatic rings. The smallest absolute Gasteiger partial charge is 0.230 e. The molecule has 2 aliphatic heterocycles. The SMILES string of the molecule is COc1ccccc1-c1nc(Cn2c(C)c(C(=O)[C@@H]3OC4(CCNCC4)c4ccccc43)c3ccccc32)c(C)o1. The Bertz CT molecular complexity index is 1780. The third-order valence-corrected chi connectivity index (χ3v) is 8.74. The molecule has 0 saturated carbocycles. The normalized spacial score (nSPS) is 17.7. The van der Waals surface area contributed by atoms with Crippen molar-refractivity contribution in [2.24, 2.45) is 0 Å². The molecule has 1 spiro atoms. The van der Waals surface area contributed by atoms with E-state index in [9.17, 15) is 4.79 Å². The number of carbonyl (C=O) groups is 1. The van der Waals surface area contributed by atoms with Crippen LogP contribution in [-0.4, -0.2) is 35.5 Å². The van der Waals surface area contributed by atoms with E-state index < -0.39 is 11.7 Å². The highest BCUT2D eigenvalue weighted by Gasteiger charge is 2.48. The molecule has 4 heterocycles. The van der Waals surface area contributed by atoms with Crippen molar-refractivity contribution in [1.82, 2.24) is 14.9 Å². The van der Waals surface area contributed by atoms with Crippen LogP contribution in [0.1, 0.15) is 57.6 Å². The highest BCUT2D eigenvalue weighted by Crippen LogP contribution is 2.50. The van der Waals surface area contributed by atoms with Crippen LogP contribution in [0.25, 0.3) is 22.4 Å². The molecule has 7 rings (SSSR count). The molecule has 0 radical (unpaired) electrons. The molecule has 1 atom stereocenters. The number of fused-ring (bicyclic) bond motifs is 3. The van der Waals surface area contributed by atoms with Gasteiger partial charge in [0.1, 0.15) is 23.3 Å². The molecule has 3 aromatic carbocycles. The van der Waals surface area contributed by atoms with Gasteiger partial charge in [-0.25, -0.2) is 4.98 Å². The van der Waals surface area contributed by atoms with Crippen LogP contribution in [0.15, 0.2) is 77.2 Å². The lowest BCUT2D eigenvalue weighted by molar-refractivity contribution is -0.0806. The zero-order chi connectivity index (χ0) is 28.1. The summed E-state index contributed by atoms with van der Waals surface area (Å²) in [6.07, 6.45) is 1.08. The number of rotatable bonds is 6. The first-order valence-electron chi connectivity index (χ1n) is 14.2. The van der Waals surface area contributed by atoms with Crippen LogP contribution in [0.3, 0.4) is 0 Å². The van der Waals surface area contributed by atoms with E-state index in [-0.39, 0.29) is 5.78 Å². The Morgan fingerprint density at radius 1 is 1.02 bits per heavy atom. The first kappa shape index (κ1) is 25.7. The first-order chi connectivity index (χ1) is 20.0. The Morgan fingerprint density at radius 2 is 1.76 bits per heavy atom. The topological polar surface area (TPSA) is 78.5 Å². The highest BCUT2D eigenvalue weighted by molar-refractivity contribution is 6.12. The van der Waals surface area contributed by atoms with Gasteiger partial charge in [0.25, 0.3) is 0 Å². The third kappa shape index (κ3) is 4.11. The van der Waals surface area contributed by atoms with E-state index in [4.69, 9.17) is 18.9 Å². The van der Waals surface area contributed by atoms with Crippen molar-refractivity contribution in [2.75, 3.05) is 20.2 Å². The van der Waals surface area contributed by atoms with E-state index in [1.807, 2.05) is 62.4 Å². The van der Waals surface area contributed by atoms with Gasteiger partial charge in [0.05, 0.1) is 24.8 Å². The molecular formula is C34H33N3O4. The van der Waals surface area contributed by atoms with Gasteiger partial charge in [-0.1, -0.05) is 54.6 Å². The van der Waals surface area contributed by atoms with Crippen molar-refractivity contribution in [1.29, 1.82) is 0 Å². The molecule has 1 N–H and O–H groups in total.